The van der Waals surface area contributed by atoms with Gasteiger partial charge in [0.1, 0.15) is 6.61 Å². The van der Waals surface area contributed by atoms with E-state index in [9.17, 15) is 4.39 Å². The topological polar surface area (TPSA) is 98.2 Å². The van der Waals surface area contributed by atoms with Gasteiger partial charge in [0.15, 0.2) is 11.6 Å². The average molecular weight is 437 g/mol. The second-order valence-corrected chi connectivity index (χ2v) is 7.14. The van der Waals surface area contributed by atoms with Crippen molar-refractivity contribution in [2.24, 2.45) is 0 Å². The van der Waals surface area contributed by atoms with Crippen molar-refractivity contribution in [1.82, 2.24) is 20.0 Å². The lowest BCUT2D eigenvalue weighted by atomic mass is 10.1. The molecule has 0 saturated heterocycles. The Labute approximate surface area is 184 Å². The fourth-order valence-electron chi connectivity index (χ4n) is 3.15. The van der Waals surface area contributed by atoms with Crippen LogP contribution in [0.1, 0.15) is 31.2 Å². The number of para-hydroxylation sites is 1. The number of aliphatic hydroxyl groups excluding tert-OH is 1. The van der Waals surface area contributed by atoms with Crippen molar-refractivity contribution in [2.45, 2.75) is 32.9 Å². The zero-order chi connectivity index (χ0) is 22.3. The molecule has 0 aliphatic carbocycles. The SMILES string of the molecule is CCCCOc1ccc(-c2nn(-c3ccccc3)cc2CNc2nnc(CO)o2)cc1F. The summed E-state index contributed by atoms with van der Waals surface area (Å²) < 4.78 is 27.2. The molecule has 0 amide bonds. The van der Waals surface area contributed by atoms with E-state index in [4.69, 9.17) is 19.4 Å². The maximum absolute atomic E-state index is 14.7. The Morgan fingerprint density at radius 2 is 2.00 bits per heavy atom. The normalized spacial score (nSPS) is 11.0. The fraction of sp³-hybridized carbons (Fsp3) is 0.261. The summed E-state index contributed by atoms with van der Waals surface area (Å²) in [4.78, 5) is 0. The summed E-state index contributed by atoms with van der Waals surface area (Å²) in [6.45, 7) is 2.51. The van der Waals surface area contributed by atoms with Crippen molar-refractivity contribution in [2.75, 3.05) is 11.9 Å². The summed E-state index contributed by atoms with van der Waals surface area (Å²) in [5, 5.41) is 24.4. The third-order valence-corrected chi connectivity index (χ3v) is 4.80. The van der Waals surface area contributed by atoms with Gasteiger partial charge in [-0.2, -0.15) is 5.10 Å². The Morgan fingerprint density at radius 3 is 2.72 bits per heavy atom. The van der Waals surface area contributed by atoms with Gasteiger partial charge in [-0.3, -0.25) is 0 Å². The Morgan fingerprint density at radius 1 is 1.16 bits per heavy atom. The molecule has 0 bridgehead atoms. The lowest BCUT2D eigenvalue weighted by Gasteiger charge is -2.08. The van der Waals surface area contributed by atoms with E-state index in [1.807, 2.05) is 36.5 Å². The van der Waals surface area contributed by atoms with Gasteiger partial charge in [0.05, 0.1) is 18.0 Å². The molecular weight excluding hydrogens is 413 g/mol. The molecule has 0 aliphatic rings. The number of aromatic nitrogens is 4. The first kappa shape index (κ1) is 21.5. The van der Waals surface area contributed by atoms with Crippen LogP contribution in [0.25, 0.3) is 16.9 Å². The highest BCUT2D eigenvalue weighted by Gasteiger charge is 2.16. The van der Waals surface area contributed by atoms with Crippen LogP contribution >= 0.6 is 0 Å². The zero-order valence-electron chi connectivity index (χ0n) is 17.7. The molecule has 0 spiro atoms. The number of aliphatic hydroxyl groups is 1. The Kier molecular flexibility index (Phi) is 6.76. The van der Waals surface area contributed by atoms with Gasteiger partial charge in [-0.05, 0) is 36.8 Å². The summed E-state index contributed by atoms with van der Waals surface area (Å²) in [7, 11) is 0. The average Bonchev–Trinajstić information content (AvgIpc) is 3.46. The number of rotatable bonds is 10. The van der Waals surface area contributed by atoms with Crippen LogP contribution in [0.3, 0.4) is 0 Å². The summed E-state index contributed by atoms with van der Waals surface area (Å²) in [5.41, 5.74) is 2.91. The van der Waals surface area contributed by atoms with Gasteiger partial charge in [-0.15, -0.1) is 5.10 Å². The minimum Gasteiger partial charge on any atom is -0.491 e. The number of ether oxygens (including phenoxy) is 1. The number of halogens is 1. The maximum atomic E-state index is 14.7. The van der Waals surface area contributed by atoms with Crippen LogP contribution in [0.15, 0.2) is 59.1 Å². The minimum atomic E-state index is -0.434. The maximum Gasteiger partial charge on any atom is 0.315 e. The quantitative estimate of drug-likeness (QED) is 0.356. The number of hydrogen-bond donors (Lipinski definition) is 2. The van der Waals surface area contributed by atoms with Crippen molar-refractivity contribution in [1.29, 1.82) is 0 Å². The third kappa shape index (κ3) is 4.94. The second-order valence-electron chi connectivity index (χ2n) is 7.14. The number of benzene rings is 2. The van der Waals surface area contributed by atoms with Crippen LogP contribution in [-0.2, 0) is 13.2 Å². The number of unbranched alkanes of at least 4 members (excludes halogenated alkanes) is 1. The van der Waals surface area contributed by atoms with Gasteiger partial charge in [0.2, 0.25) is 5.89 Å². The van der Waals surface area contributed by atoms with Gasteiger partial charge >= 0.3 is 6.01 Å². The summed E-state index contributed by atoms with van der Waals surface area (Å²) in [6.07, 6.45) is 3.71. The van der Waals surface area contributed by atoms with E-state index in [1.54, 1.807) is 16.8 Å². The number of nitrogens with one attached hydrogen (secondary N) is 1. The molecule has 0 atom stereocenters. The third-order valence-electron chi connectivity index (χ3n) is 4.80. The van der Waals surface area contributed by atoms with E-state index in [0.29, 0.717) is 24.4 Å². The van der Waals surface area contributed by atoms with E-state index in [1.165, 1.54) is 6.07 Å². The molecule has 8 nitrogen and oxygen atoms in total. The van der Waals surface area contributed by atoms with Crippen LogP contribution in [-0.4, -0.2) is 31.7 Å². The smallest absolute Gasteiger partial charge is 0.315 e. The standard InChI is InChI=1S/C23H24FN5O3/c1-2-3-11-31-20-10-9-16(12-19(20)24)22-17(13-25-23-27-26-21(15-30)32-23)14-29(28-22)18-7-5-4-6-8-18/h4-10,12,14,30H,2-3,11,13,15H2,1H3,(H,25,27). The second kappa shape index (κ2) is 10.1. The molecule has 2 heterocycles. The van der Waals surface area contributed by atoms with Crippen LogP contribution < -0.4 is 10.1 Å². The van der Waals surface area contributed by atoms with Crippen molar-refractivity contribution < 1.29 is 18.7 Å². The molecule has 4 aromatic rings. The van der Waals surface area contributed by atoms with Crippen LogP contribution in [0.2, 0.25) is 0 Å². The van der Waals surface area contributed by atoms with Gasteiger partial charge < -0.3 is 19.6 Å². The monoisotopic (exact) mass is 437 g/mol. The number of nitrogens with zero attached hydrogens (tertiary/aromatic N) is 4. The van der Waals surface area contributed by atoms with Crippen LogP contribution in [0.5, 0.6) is 5.75 Å². The fourth-order valence-corrected chi connectivity index (χ4v) is 3.15. The molecule has 32 heavy (non-hydrogen) atoms. The molecule has 2 N–H and O–H groups in total. The summed E-state index contributed by atoms with van der Waals surface area (Å²) in [6, 6.07) is 14.7. The minimum absolute atomic E-state index is 0.119. The predicted octanol–water partition coefficient (Wildman–Crippen LogP) is 4.34. The highest BCUT2D eigenvalue weighted by molar-refractivity contribution is 5.65. The molecule has 2 aromatic carbocycles. The molecular formula is C23H24FN5O3. The van der Waals surface area contributed by atoms with Crippen LogP contribution in [0, 0.1) is 5.82 Å². The predicted molar refractivity (Wildman–Crippen MR) is 117 cm³/mol. The lowest BCUT2D eigenvalue weighted by molar-refractivity contribution is 0.241. The van der Waals surface area contributed by atoms with E-state index < -0.39 is 5.82 Å². The highest BCUT2D eigenvalue weighted by atomic mass is 19.1. The highest BCUT2D eigenvalue weighted by Crippen LogP contribution is 2.29. The van der Waals surface area contributed by atoms with E-state index in [0.717, 1.165) is 24.1 Å². The van der Waals surface area contributed by atoms with Crippen molar-refractivity contribution in [3.63, 3.8) is 0 Å². The lowest BCUT2D eigenvalue weighted by Crippen LogP contribution is -2.01. The zero-order valence-corrected chi connectivity index (χ0v) is 17.7. The molecule has 0 saturated carbocycles. The van der Waals surface area contributed by atoms with Gasteiger partial charge in [0, 0.05) is 23.9 Å². The summed E-state index contributed by atoms with van der Waals surface area (Å²) >= 11 is 0. The Hall–Kier alpha value is -3.72. The first-order chi connectivity index (χ1) is 15.7. The molecule has 0 aliphatic heterocycles. The number of hydrogen-bond acceptors (Lipinski definition) is 7. The van der Waals surface area contributed by atoms with E-state index in [-0.39, 0.29) is 24.3 Å². The molecule has 9 heteroatoms. The van der Waals surface area contributed by atoms with Crippen molar-refractivity contribution >= 4 is 6.01 Å². The molecule has 4 rings (SSSR count). The first-order valence-corrected chi connectivity index (χ1v) is 10.4. The molecule has 2 aromatic heterocycles. The Bertz CT molecular complexity index is 1160. The van der Waals surface area contributed by atoms with E-state index in [2.05, 4.69) is 22.4 Å². The molecule has 0 unspecified atom stereocenters. The van der Waals surface area contributed by atoms with Crippen molar-refractivity contribution in [3.8, 4) is 22.7 Å². The van der Waals surface area contributed by atoms with Crippen molar-refractivity contribution in [3.05, 3.63) is 72.0 Å². The van der Waals surface area contributed by atoms with Gasteiger partial charge in [-0.1, -0.05) is 36.6 Å². The van der Waals surface area contributed by atoms with E-state index >= 15 is 0 Å². The molecule has 166 valence electrons. The molecule has 0 radical (unpaired) electrons. The first-order valence-electron chi connectivity index (χ1n) is 10.4. The molecule has 0 fully saturated rings. The Balaban J connectivity index is 1.63. The largest absolute Gasteiger partial charge is 0.491 e. The van der Waals surface area contributed by atoms with Gasteiger partial charge in [-0.25, -0.2) is 9.07 Å². The number of anilines is 1. The van der Waals surface area contributed by atoms with Gasteiger partial charge in [0.25, 0.3) is 0 Å². The summed E-state index contributed by atoms with van der Waals surface area (Å²) in [5.74, 6) is -0.0866. The van der Waals surface area contributed by atoms with Crippen LogP contribution in [0.4, 0.5) is 10.4 Å².